The molecule has 0 aromatic carbocycles. The molecule has 0 aliphatic rings. The Kier molecular flexibility index (Phi) is 34.6. The standard InChI is InChI=1S/C4H8.H2O2/c1-3-4-2;1-2/h3H,1,4H2,2H3;1-2H. The largest absolute Gasteiger partial charge is 0.255 e. The topological polar surface area (TPSA) is 40.5 Å². The molecule has 0 unspecified atom stereocenters. The second-order valence-electron chi connectivity index (χ2n) is 0.697. The van der Waals surface area contributed by atoms with Gasteiger partial charge in [-0.1, -0.05) is 13.0 Å². The Morgan fingerprint density at radius 2 is 1.83 bits per heavy atom. The van der Waals surface area contributed by atoms with Gasteiger partial charge in [0.25, 0.3) is 0 Å². The van der Waals surface area contributed by atoms with Crippen LogP contribution in [0.4, 0.5) is 0 Å². The second kappa shape index (κ2) is 22.7. The summed E-state index contributed by atoms with van der Waals surface area (Å²) in [4.78, 5) is 0. The summed E-state index contributed by atoms with van der Waals surface area (Å²) in [5, 5.41) is 12.0. The second-order valence-corrected chi connectivity index (χ2v) is 0.697. The zero-order valence-corrected chi connectivity index (χ0v) is 3.89. The Hall–Kier alpha value is -0.340. The van der Waals surface area contributed by atoms with E-state index in [2.05, 4.69) is 13.5 Å². The zero-order chi connectivity index (χ0) is 5.41. The van der Waals surface area contributed by atoms with Gasteiger partial charge in [-0.2, -0.15) is 0 Å². The van der Waals surface area contributed by atoms with E-state index in [1.54, 1.807) is 0 Å². The highest BCUT2D eigenvalue weighted by Gasteiger charge is 1.45. The molecule has 0 heterocycles. The van der Waals surface area contributed by atoms with Crippen molar-refractivity contribution >= 4 is 0 Å². The Bertz CT molecular complexity index is 19.5. The summed E-state index contributed by atoms with van der Waals surface area (Å²) in [6, 6.07) is 0. The normalized spacial score (nSPS) is 5.17. The third kappa shape index (κ3) is 59.5. The van der Waals surface area contributed by atoms with Gasteiger partial charge in [-0.25, -0.2) is 0 Å². The number of allylic oxidation sites excluding steroid dienone is 1. The molecule has 2 nitrogen and oxygen atoms in total. The average Bonchev–Trinajstić information content (AvgIpc) is 1.72. The van der Waals surface area contributed by atoms with Crippen LogP contribution in [0.25, 0.3) is 0 Å². The predicted molar refractivity (Wildman–Crippen MR) is 25.7 cm³/mol. The number of hydrogen-bond acceptors (Lipinski definition) is 2. The van der Waals surface area contributed by atoms with E-state index in [0.29, 0.717) is 0 Å². The van der Waals surface area contributed by atoms with Crippen LogP contribution in [0.5, 0.6) is 0 Å². The van der Waals surface area contributed by atoms with Crippen molar-refractivity contribution < 1.29 is 10.5 Å². The average molecular weight is 90.1 g/mol. The van der Waals surface area contributed by atoms with Gasteiger partial charge in [0.2, 0.25) is 0 Å². The molecule has 6 heavy (non-hydrogen) atoms. The van der Waals surface area contributed by atoms with E-state index < -0.39 is 0 Å². The van der Waals surface area contributed by atoms with Crippen molar-refractivity contribution in [2.75, 3.05) is 0 Å². The Morgan fingerprint density at radius 1 is 1.67 bits per heavy atom. The fraction of sp³-hybridized carbons (Fsp3) is 0.500. The van der Waals surface area contributed by atoms with Crippen LogP contribution in [0.1, 0.15) is 13.3 Å². The molecule has 2 heteroatoms. The van der Waals surface area contributed by atoms with Crippen molar-refractivity contribution in [3.8, 4) is 0 Å². The molecule has 38 valence electrons. The first kappa shape index (κ1) is 9.18. The Morgan fingerprint density at radius 3 is 1.83 bits per heavy atom. The summed E-state index contributed by atoms with van der Waals surface area (Å²) < 4.78 is 0. The van der Waals surface area contributed by atoms with E-state index in [1.807, 2.05) is 6.08 Å². The van der Waals surface area contributed by atoms with Gasteiger partial charge in [0, 0.05) is 0 Å². The van der Waals surface area contributed by atoms with Crippen LogP contribution in [-0.4, -0.2) is 10.5 Å². The minimum Gasteiger partial charge on any atom is -0.255 e. The molecule has 0 atom stereocenters. The summed E-state index contributed by atoms with van der Waals surface area (Å²) in [5.74, 6) is 0. The molecular formula is C4H10O2. The highest BCUT2D eigenvalue weighted by atomic mass is 17.0. The number of rotatable bonds is 1. The van der Waals surface area contributed by atoms with Crippen LogP contribution >= 0.6 is 0 Å². The van der Waals surface area contributed by atoms with Crippen LogP contribution in [-0.2, 0) is 0 Å². The van der Waals surface area contributed by atoms with Crippen LogP contribution in [0.2, 0.25) is 0 Å². The monoisotopic (exact) mass is 90.1 g/mol. The van der Waals surface area contributed by atoms with Crippen molar-refractivity contribution in [3.63, 3.8) is 0 Å². The van der Waals surface area contributed by atoms with Crippen molar-refractivity contribution in [2.24, 2.45) is 0 Å². The van der Waals surface area contributed by atoms with E-state index in [9.17, 15) is 0 Å². The fourth-order valence-electron chi connectivity index (χ4n) is 0. The first-order chi connectivity index (χ1) is 2.91. The van der Waals surface area contributed by atoms with E-state index in [4.69, 9.17) is 10.5 Å². The van der Waals surface area contributed by atoms with Gasteiger partial charge in [-0.3, -0.25) is 10.5 Å². The molecule has 0 bridgehead atoms. The first-order valence-electron chi connectivity index (χ1n) is 1.72. The third-order valence-electron chi connectivity index (χ3n) is 0.289. The zero-order valence-electron chi connectivity index (χ0n) is 3.89. The lowest BCUT2D eigenvalue weighted by molar-refractivity contribution is -0.176. The lowest BCUT2D eigenvalue weighted by Crippen LogP contribution is -1.36. The third-order valence-corrected chi connectivity index (χ3v) is 0.289. The Balaban J connectivity index is 0. The summed E-state index contributed by atoms with van der Waals surface area (Å²) in [6.45, 7) is 5.54. The van der Waals surface area contributed by atoms with Crippen molar-refractivity contribution in [2.45, 2.75) is 13.3 Å². The smallest absolute Gasteiger partial charge is 0.0382 e. The molecule has 0 radical (unpaired) electrons. The molecule has 0 aliphatic carbocycles. The highest BCUT2D eigenvalue weighted by molar-refractivity contribution is 4.60. The molecule has 0 aliphatic heterocycles. The first-order valence-corrected chi connectivity index (χ1v) is 1.72. The van der Waals surface area contributed by atoms with Gasteiger partial charge in [-0.15, -0.1) is 6.58 Å². The molecule has 0 saturated carbocycles. The molecule has 0 spiro atoms. The molecule has 0 amide bonds. The SMILES string of the molecule is C=CCC.OO. The van der Waals surface area contributed by atoms with Gasteiger partial charge in [0.1, 0.15) is 0 Å². The fourth-order valence-corrected chi connectivity index (χ4v) is 0. The van der Waals surface area contributed by atoms with Gasteiger partial charge < -0.3 is 0 Å². The molecule has 2 N–H and O–H groups in total. The summed E-state index contributed by atoms with van der Waals surface area (Å²) >= 11 is 0. The maximum absolute atomic E-state index is 6.00. The van der Waals surface area contributed by atoms with Gasteiger partial charge in [0.05, 0.1) is 0 Å². The van der Waals surface area contributed by atoms with Gasteiger partial charge in [0.15, 0.2) is 0 Å². The number of hydrogen-bond donors (Lipinski definition) is 2. The molecule has 0 rings (SSSR count). The minimum absolute atomic E-state index is 1.08. The van der Waals surface area contributed by atoms with Crippen LogP contribution in [0.15, 0.2) is 12.7 Å². The van der Waals surface area contributed by atoms with Gasteiger partial charge in [-0.05, 0) is 6.42 Å². The molecule has 0 fully saturated rings. The van der Waals surface area contributed by atoms with E-state index >= 15 is 0 Å². The van der Waals surface area contributed by atoms with Crippen molar-refractivity contribution in [1.82, 2.24) is 0 Å². The maximum Gasteiger partial charge on any atom is -0.0382 e. The molecule has 0 aromatic heterocycles. The minimum atomic E-state index is 1.08. The van der Waals surface area contributed by atoms with E-state index in [0.717, 1.165) is 6.42 Å². The van der Waals surface area contributed by atoms with Gasteiger partial charge >= 0.3 is 0 Å². The molecule has 0 saturated heterocycles. The summed E-state index contributed by atoms with van der Waals surface area (Å²) in [6.07, 6.45) is 2.96. The highest BCUT2D eigenvalue weighted by Crippen LogP contribution is 1.66. The van der Waals surface area contributed by atoms with E-state index in [-0.39, 0.29) is 0 Å². The lowest BCUT2D eigenvalue weighted by Gasteiger charge is -1.57. The van der Waals surface area contributed by atoms with Crippen molar-refractivity contribution in [1.29, 1.82) is 0 Å². The van der Waals surface area contributed by atoms with Crippen molar-refractivity contribution in [3.05, 3.63) is 12.7 Å². The van der Waals surface area contributed by atoms with Crippen LogP contribution in [0.3, 0.4) is 0 Å². The molecule has 0 aromatic rings. The molecular weight excluding hydrogens is 80.0 g/mol. The maximum atomic E-state index is 6.00. The Labute approximate surface area is 37.7 Å². The van der Waals surface area contributed by atoms with Crippen LogP contribution in [0, 0.1) is 0 Å². The van der Waals surface area contributed by atoms with Crippen LogP contribution < -0.4 is 0 Å². The predicted octanol–water partition coefficient (Wildman–Crippen LogP) is 1.60. The summed E-state index contributed by atoms with van der Waals surface area (Å²) in [5.41, 5.74) is 0. The lowest BCUT2D eigenvalue weighted by atomic mass is 10.5. The summed E-state index contributed by atoms with van der Waals surface area (Å²) in [7, 11) is 0. The quantitative estimate of drug-likeness (QED) is 0.291. The van der Waals surface area contributed by atoms with E-state index in [1.165, 1.54) is 0 Å².